The van der Waals surface area contributed by atoms with Gasteiger partial charge in [-0.05, 0) is 33.8 Å². The van der Waals surface area contributed by atoms with E-state index in [9.17, 15) is 18.0 Å². The Bertz CT molecular complexity index is 699. The molecule has 0 aliphatic heterocycles. The molecule has 1 aromatic heterocycles. The van der Waals surface area contributed by atoms with Crippen LogP contribution in [-0.4, -0.2) is 16.3 Å². The number of rotatable bonds is 0. The van der Waals surface area contributed by atoms with Crippen LogP contribution in [0.3, 0.4) is 0 Å². The number of halogens is 3. The van der Waals surface area contributed by atoms with Gasteiger partial charge >= 0.3 is 6.09 Å². The fraction of sp³-hybridized carbons (Fsp3) is 0.357. The Balaban J connectivity index is 2.71. The highest BCUT2D eigenvalue weighted by atomic mass is 19.2. The van der Waals surface area contributed by atoms with Gasteiger partial charge in [0.05, 0.1) is 0 Å². The molecular weight excluding hydrogens is 271 g/mol. The zero-order valence-corrected chi connectivity index (χ0v) is 11.6. The molecule has 6 heteroatoms. The van der Waals surface area contributed by atoms with Crippen LogP contribution >= 0.6 is 0 Å². The van der Waals surface area contributed by atoms with Gasteiger partial charge < -0.3 is 4.74 Å². The second kappa shape index (κ2) is 4.54. The molecule has 0 spiro atoms. The number of aromatic nitrogens is 1. The van der Waals surface area contributed by atoms with Gasteiger partial charge in [0.1, 0.15) is 16.9 Å². The van der Waals surface area contributed by atoms with Crippen molar-refractivity contribution in [3.63, 3.8) is 0 Å². The van der Waals surface area contributed by atoms with Crippen molar-refractivity contribution in [1.29, 1.82) is 0 Å². The Hall–Kier alpha value is -1.98. The minimum absolute atomic E-state index is 0.160. The fourth-order valence-corrected chi connectivity index (χ4v) is 1.95. The molecule has 2 rings (SSSR count). The summed E-state index contributed by atoms with van der Waals surface area (Å²) >= 11 is 0. The van der Waals surface area contributed by atoms with Crippen molar-refractivity contribution in [2.45, 2.75) is 33.3 Å². The Labute approximate surface area is 113 Å². The van der Waals surface area contributed by atoms with E-state index in [1.807, 2.05) is 0 Å². The van der Waals surface area contributed by atoms with Gasteiger partial charge in [-0.25, -0.2) is 22.5 Å². The van der Waals surface area contributed by atoms with Crippen LogP contribution in [0.2, 0.25) is 0 Å². The van der Waals surface area contributed by atoms with E-state index < -0.39 is 34.7 Å². The number of nitrogens with zero attached hydrogens (tertiary/aromatic N) is 1. The van der Waals surface area contributed by atoms with E-state index in [4.69, 9.17) is 4.74 Å². The third-order valence-corrected chi connectivity index (χ3v) is 2.69. The first-order chi connectivity index (χ1) is 9.11. The molecule has 1 heterocycles. The van der Waals surface area contributed by atoms with Gasteiger partial charge in [0.2, 0.25) is 0 Å². The van der Waals surface area contributed by atoms with Gasteiger partial charge in [0.15, 0.2) is 11.6 Å². The first-order valence-corrected chi connectivity index (χ1v) is 6.00. The lowest BCUT2D eigenvalue weighted by Crippen LogP contribution is -2.27. The molecule has 0 unspecified atom stereocenters. The minimum atomic E-state index is -1.35. The van der Waals surface area contributed by atoms with Crippen LogP contribution in [0.1, 0.15) is 26.5 Å². The Morgan fingerprint density at radius 1 is 1.15 bits per heavy atom. The van der Waals surface area contributed by atoms with Crippen LogP contribution in [0.5, 0.6) is 0 Å². The van der Waals surface area contributed by atoms with Crippen LogP contribution in [0.25, 0.3) is 10.9 Å². The maximum atomic E-state index is 13.9. The maximum absolute atomic E-state index is 13.9. The summed E-state index contributed by atoms with van der Waals surface area (Å²) in [5.74, 6) is -3.55. The van der Waals surface area contributed by atoms with E-state index in [1.54, 1.807) is 20.8 Å². The Morgan fingerprint density at radius 2 is 1.75 bits per heavy atom. The SMILES string of the molecule is Cc1cc2c(F)cc(F)c(F)c2n1C(=O)OC(C)(C)C. The van der Waals surface area contributed by atoms with Gasteiger partial charge in [0, 0.05) is 17.1 Å². The van der Waals surface area contributed by atoms with Gasteiger partial charge in [-0.15, -0.1) is 0 Å². The zero-order valence-electron chi connectivity index (χ0n) is 11.6. The molecule has 108 valence electrons. The molecule has 0 radical (unpaired) electrons. The predicted octanol–water partition coefficient (Wildman–Crippen LogP) is 4.15. The third-order valence-electron chi connectivity index (χ3n) is 2.69. The summed E-state index contributed by atoms with van der Waals surface area (Å²) in [7, 11) is 0. The number of carbonyl (C=O) groups excluding carboxylic acids is 1. The molecule has 0 saturated heterocycles. The van der Waals surface area contributed by atoms with Crippen molar-refractivity contribution in [2.24, 2.45) is 0 Å². The number of benzene rings is 1. The monoisotopic (exact) mass is 285 g/mol. The van der Waals surface area contributed by atoms with Crippen molar-refractivity contribution in [3.05, 3.63) is 35.3 Å². The molecule has 3 nitrogen and oxygen atoms in total. The molecule has 0 aliphatic rings. The summed E-state index contributed by atoms with van der Waals surface area (Å²) in [6.07, 6.45) is -0.881. The molecule has 0 aliphatic carbocycles. The predicted molar refractivity (Wildman–Crippen MR) is 68.2 cm³/mol. The molecular formula is C14H14F3NO2. The van der Waals surface area contributed by atoms with E-state index in [-0.39, 0.29) is 11.1 Å². The summed E-state index contributed by atoms with van der Waals surface area (Å²) in [5.41, 5.74) is -0.991. The summed E-state index contributed by atoms with van der Waals surface area (Å²) in [5, 5.41) is -0.160. The van der Waals surface area contributed by atoms with Gasteiger partial charge in [-0.2, -0.15) is 0 Å². The maximum Gasteiger partial charge on any atom is 0.419 e. The average molecular weight is 285 g/mol. The standard InChI is InChI=1S/C14H14F3NO2/c1-7-5-8-9(15)6-10(16)11(17)12(8)18(7)13(19)20-14(2,3)4/h5-6H,1-4H3. The van der Waals surface area contributed by atoms with Gasteiger partial charge in [-0.1, -0.05) is 0 Å². The summed E-state index contributed by atoms with van der Waals surface area (Å²) in [4.78, 5) is 12.1. The number of aryl methyl sites for hydroxylation is 1. The van der Waals surface area contributed by atoms with Crippen LogP contribution in [-0.2, 0) is 4.74 Å². The third kappa shape index (κ3) is 2.37. The number of ether oxygens (including phenoxy) is 1. The van der Waals surface area contributed by atoms with Crippen molar-refractivity contribution in [3.8, 4) is 0 Å². The molecule has 2 aromatic rings. The smallest absolute Gasteiger partial charge is 0.419 e. The molecule has 1 aromatic carbocycles. The molecule has 20 heavy (non-hydrogen) atoms. The first kappa shape index (κ1) is 14.4. The van der Waals surface area contributed by atoms with Crippen LogP contribution in [0.4, 0.5) is 18.0 Å². The Kier molecular flexibility index (Phi) is 3.28. The summed E-state index contributed by atoms with van der Waals surface area (Å²) in [6, 6.07) is 1.73. The van der Waals surface area contributed by atoms with E-state index >= 15 is 0 Å². The molecule has 0 bridgehead atoms. The molecule has 0 saturated carbocycles. The lowest BCUT2D eigenvalue weighted by atomic mass is 10.2. The second-order valence-electron chi connectivity index (χ2n) is 5.52. The normalized spacial score (nSPS) is 11.9. The largest absolute Gasteiger partial charge is 0.443 e. The van der Waals surface area contributed by atoms with Crippen LogP contribution < -0.4 is 0 Å². The lowest BCUT2D eigenvalue weighted by Gasteiger charge is -2.20. The highest BCUT2D eigenvalue weighted by Crippen LogP contribution is 2.28. The fourth-order valence-electron chi connectivity index (χ4n) is 1.95. The van der Waals surface area contributed by atoms with Gasteiger partial charge in [0.25, 0.3) is 0 Å². The van der Waals surface area contributed by atoms with E-state index in [2.05, 4.69) is 0 Å². The minimum Gasteiger partial charge on any atom is -0.443 e. The lowest BCUT2D eigenvalue weighted by molar-refractivity contribution is 0.0540. The molecule has 0 atom stereocenters. The van der Waals surface area contributed by atoms with E-state index in [0.29, 0.717) is 6.07 Å². The highest BCUT2D eigenvalue weighted by Gasteiger charge is 2.25. The molecule has 0 fully saturated rings. The van der Waals surface area contributed by atoms with Crippen LogP contribution in [0.15, 0.2) is 12.1 Å². The van der Waals surface area contributed by atoms with Crippen molar-refractivity contribution in [1.82, 2.24) is 4.57 Å². The average Bonchev–Trinajstić information content (AvgIpc) is 2.62. The number of fused-ring (bicyclic) bond motifs is 1. The molecule has 0 N–H and O–H groups in total. The second-order valence-corrected chi connectivity index (χ2v) is 5.52. The number of carbonyl (C=O) groups is 1. The molecule has 0 amide bonds. The van der Waals surface area contributed by atoms with E-state index in [0.717, 1.165) is 4.57 Å². The highest BCUT2D eigenvalue weighted by molar-refractivity contribution is 5.91. The number of hydrogen-bond acceptors (Lipinski definition) is 2. The van der Waals surface area contributed by atoms with Crippen molar-refractivity contribution in [2.75, 3.05) is 0 Å². The Morgan fingerprint density at radius 3 is 2.30 bits per heavy atom. The zero-order chi connectivity index (χ0) is 15.2. The quantitative estimate of drug-likeness (QED) is 0.681. The summed E-state index contributed by atoms with van der Waals surface area (Å²) in [6.45, 7) is 6.41. The topological polar surface area (TPSA) is 31.2 Å². The van der Waals surface area contributed by atoms with Crippen molar-refractivity contribution >= 4 is 17.0 Å². The van der Waals surface area contributed by atoms with Crippen molar-refractivity contribution < 1.29 is 22.7 Å². The summed E-state index contributed by atoms with van der Waals surface area (Å²) < 4.78 is 46.8. The van der Waals surface area contributed by atoms with Gasteiger partial charge in [-0.3, -0.25) is 0 Å². The first-order valence-electron chi connectivity index (χ1n) is 6.00. The number of hydrogen-bond donors (Lipinski definition) is 0. The van der Waals surface area contributed by atoms with E-state index in [1.165, 1.54) is 13.0 Å². The van der Waals surface area contributed by atoms with Crippen LogP contribution in [0, 0.1) is 24.4 Å².